The van der Waals surface area contributed by atoms with Crippen LogP contribution in [0.3, 0.4) is 0 Å². The summed E-state index contributed by atoms with van der Waals surface area (Å²) >= 11 is 2.03. The van der Waals surface area contributed by atoms with Crippen LogP contribution in [0.25, 0.3) is 0 Å². The molecule has 0 saturated carbocycles. The third-order valence-electron chi connectivity index (χ3n) is 4.14. The fraction of sp³-hybridized carbons (Fsp3) is 0.562. The van der Waals surface area contributed by atoms with Gasteiger partial charge in [-0.05, 0) is 30.7 Å². The predicted molar refractivity (Wildman–Crippen MR) is 88.7 cm³/mol. The number of nitrogens with zero attached hydrogens (tertiary/aromatic N) is 1. The number of amides is 1. The molecule has 1 aromatic carbocycles. The summed E-state index contributed by atoms with van der Waals surface area (Å²) in [4.78, 5) is 14.6. The van der Waals surface area contributed by atoms with Crippen LogP contribution in [0.2, 0.25) is 0 Å². The lowest BCUT2D eigenvalue weighted by molar-refractivity contribution is -0.119. The second kappa shape index (κ2) is 7.29. The second-order valence-electron chi connectivity index (χ2n) is 5.77. The molecule has 1 amide bonds. The maximum atomic E-state index is 12.2. The minimum atomic E-state index is 0.118. The molecule has 4 nitrogen and oxygen atoms in total. The molecule has 2 heterocycles. The molecule has 21 heavy (non-hydrogen) atoms. The van der Waals surface area contributed by atoms with Gasteiger partial charge in [-0.3, -0.25) is 9.69 Å². The van der Waals surface area contributed by atoms with Gasteiger partial charge in [-0.2, -0.15) is 11.8 Å². The molecule has 5 heteroatoms. The van der Waals surface area contributed by atoms with Crippen molar-refractivity contribution in [3.8, 4) is 0 Å². The van der Waals surface area contributed by atoms with E-state index in [1.165, 1.54) is 17.1 Å². The highest BCUT2D eigenvalue weighted by Gasteiger charge is 2.22. The van der Waals surface area contributed by atoms with Gasteiger partial charge in [0.1, 0.15) is 0 Å². The quantitative estimate of drug-likeness (QED) is 0.890. The third-order valence-corrected chi connectivity index (χ3v) is 5.08. The van der Waals surface area contributed by atoms with E-state index in [0.717, 1.165) is 44.8 Å². The summed E-state index contributed by atoms with van der Waals surface area (Å²) in [6.45, 7) is 5.06. The van der Waals surface area contributed by atoms with Gasteiger partial charge in [-0.25, -0.2) is 0 Å². The Morgan fingerprint density at radius 2 is 2.24 bits per heavy atom. The number of carbonyl (C=O) groups excluding carboxylic acids is 1. The highest BCUT2D eigenvalue weighted by atomic mass is 32.2. The molecule has 2 aliphatic rings. The zero-order chi connectivity index (χ0) is 14.5. The number of rotatable bonds is 4. The number of thioether (sulfide) groups is 1. The monoisotopic (exact) mass is 305 g/mol. The van der Waals surface area contributed by atoms with Gasteiger partial charge in [-0.15, -0.1) is 0 Å². The number of carbonyl (C=O) groups is 1. The van der Waals surface area contributed by atoms with Crippen molar-refractivity contribution in [1.29, 1.82) is 0 Å². The summed E-state index contributed by atoms with van der Waals surface area (Å²) in [6, 6.07) is 8.28. The number of hydrogen-bond acceptors (Lipinski definition) is 4. The lowest BCUT2D eigenvalue weighted by Gasteiger charge is -2.26. The smallest absolute Gasteiger partial charge is 0.228 e. The zero-order valence-electron chi connectivity index (χ0n) is 12.3. The van der Waals surface area contributed by atoms with Crippen molar-refractivity contribution in [1.82, 2.24) is 10.2 Å². The SMILES string of the molecule is O=C(Nc1cccc(CN2CCSCC2)c1)C1CCNC1. The molecular formula is C16H23N3OS. The second-order valence-corrected chi connectivity index (χ2v) is 6.99. The van der Waals surface area contributed by atoms with Gasteiger partial charge in [-0.1, -0.05) is 12.1 Å². The Hall–Kier alpha value is -1.04. The molecule has 2 aliphatic heterocycles. The van der Waals surface area contributed by atoms with E-state index in [1.807, 2.05) is 23.9 Å². The molecule has 0 aromatic heterocycles. The number of hydrogen-bond donors (Lipinski definition) is 2. The first-order valence-corrected chi connectivity index (χ1v) is 8.87. The fourth-order valence-electron chi connectivity index (χ4n) is 2.89. The summed E-state index contributed by atoms with van der Waals surface area (Å²) < 4.78 is 0. The molecule has 2 fully saturated rings. The van der Waals surface area contributed by atoms with E-state index in [9.17, 15) is 4.79 Å². The molecule has 0 radical (unpaired) electrons. The van der Waals surface area contributed by atoms with Crippen LogP contribution in [-0.4, -0.2) is 48.5 Å². The van der Waals surface area contributed by atoms with Crippen molar-refractivity contribution >= 4 is 23.4 Å². The highest BCUT2D eigenvalue weighted by Crippen LogP contribution is 2.17. The topological polar surface area (TPSA) is 44.4 Å². The van der Waals surface area contributed by atoms with Crippen LogP contribution in [0.15, 0.2) is 24.3 Å². The van der Waals surface area contributed by atoms with Crippen molar-refractivity contribution in [2.75, 3.05) is 43.0 Å². The van der Waals surface area contributed by atoms with Crippen LogP contribution in [0, 0.1) is 5.92 Å². The molecule has 3 rings (SSSR count). The average molecular weight is 305 g/mol. The summed E-state index contributed by atoms with van der Waals surface area (Å²) in [7, 11) is 0. The first-order valence-electron chi connectivity index (χ1n) is 7.72. The molecule has 0 spiro atoms. The average Bonchev–Trinajstić information content (AvgIpc) is 3.03. The first kappa shape index (κ1) is 14.9. The van der Waals surface area contributed by atoms with Crippen LogP contribution in [0.4, 0.5) is 5.69 Å². The van der Waals surface area contributed by atoms with Gasteiger partial charge in [0, 0.05) is 43.4 Å². The maximum absolute atomic E-state index is 12.2. The third kappa shape index (κ3) is 4.22. The van der Waals surface area contributed by atoms with Crippen LogP contribution >= 0.6 is 11.8 Å². The Morgan fingerprint density at radius 1 is 1.38 bits per heavy atom. The molecule has 2 N–H and O–H groups in total. The van der Waals surface area contributed by atoms with Crippen molar-refractivity contribution in [2.45, 2.75) is 13.0 Å². The lowest BCUT2D eigenvalue weighted by atomic mass is 10.1. The minimum absolute atomic E-state index is 0.118. The van der Waals surface area contributed by atoms with Gasteiger partial charge < -0.3 is 10.6 Å². The lowest BCUT2D eigenvalue weighted by Crippen LogP contribution is -2.32. The molecule has 1 atom stereocenters. The largest absolute Gasteiger partial charge is 0.326 e. The first-order chi connectivity index (χ1) is 10.3. The van der Waals surface area contributed by atoms with Crippen LogP contribution < -0.4 is 10.6 Å². The number of nitrogens with one attached hydrogen (secondary N) is 2. The molecular weight excluding hydrogens is 282 g/mol. The maximum Gasteiger partial charge on any atom is 0.228 e. The Balaban J connectivity index is 1.58. The van der Waals surface area contributed by atoms with Gasteiger partial charge in [0.25, 0.3) is 0 Å². The summed E-state index contributed by atoms with van der Waals surface area (Å²) in [5, 5.41) is 6.30. The van der Waals surface area contributed by atoms with Crippen LogP contribution in [0.5, 0.6) is 0 Å². The van der Waals surface area contributed by atoms with Crippen molar-refractivity contribution in [2.24, 2.45) is 5.92 Å². The Kier molecular flexibility index (Phi) is 5.17. The van der Waals surface area contributed by atoms with E-state index in [4.69, 9.17) is 0 Å². The normalized spacial score (nSPS) is 23.1. The summed E-state index contributed by atoms with van der Waals surface area (Å²) in [5.41, 5.74) is 2.21. The molecule has 0 aliphatic carbocycles. The van der Waals surface area contributed by atoms with Gasteiger partial charge in [0.05, 0.1) is 5.92 Å². The van der Waals surface area contributed by atoms with Crippen molar-refractivity contribution < 1.29 is 4.79 Å². The standard InChI is InChI=1S/C16H23N3OS/c20-16(14-4-5-17-11-14)18-15-3-1-2-13(10-15)12-19-6-8-21-9-7-19/h1-3,10,14,17H,4-9,11-12H2,(H,18,20). The van der Waals surface area contributed by atoms with Crippen LogP contribution in [-0.2, 0) is 11.3 Å². The van der Waals surface area contributed by atoms with Crippen molar-refractivity contribution in [3.05, 3.63) is 29.8 Å². The summed E-state index contributed by atoms with van der Waals surface area (Å²) in [5.74, 6) is 2.72. The molecule has 1 unspecified atom stereocenters. The van der Waals surface area contributed by atoms with E-state index in [1.54, 1.807) is 0 Å². The van der Waals surface area contributed by atoms with Gasteiger partial charge in [0.15, 0.2) is 0 Å². The Morgan fingerprint density at radius 3 is 3.00 bits per heavy atom. The zero-order valence-corrected chi connectivity index (χ0v) is 13.1. The van der Waals surface area contributed by atoms with E-state index in [0.29, 0.717) is 0 Å². The minimum Gasteiger partial charge on any atom is -0.326 e. The number of anilines is 1. The van der Waals surface area contributed by atoms with E-state index in [2.05, 4.69) is 27.7 Å². The van der Waals surface area contributed by atoms with Gasteiger partial charge >= 0.3 is 0 Å². The highest BCUT2D eigenvalue weighted by molar-refractivity contribution is 7.99. The van der Waals surface area contributed by atoms with E-state index >= 15 is 0 Å². The summed E-state index contributed by atoms with van der Waals surface area (Å²) in [6.07, 6.45) is 0.941. The predicted octanol–water partition coefficient (Wildman–Crippen LogP) is 1.78. The fourth-order valence-corrected chi connectivity index (χ4v) is 3.87. The molecule has 0 bridgehead atoms. The van der Waals surface area contributed by atoms with Gasteiger partial charge in [0.2, 0.25) is 5.91 Å². The Bertz CT molecular complexity index is 482. The van der Waals surface area contributed by atoms with E-state index < -0.39 is 0 Å². The molecule has 2 saturated heterocycles. The molecule has 114 valence electrons. The molecule has 1 aromatic rings. The number of benzene rings is 1. The van der Waals surface area contributed by atoms with Crippen molar-refractivity contribution in [3.63, 3.8) is 0 Å². The van der Waals surface area contributed by atoms with Crippen LogP contribution in [0.1, 0.15) is 12.0 Å². The Labute approximate surface area is 130 Å². The van der Waals surface area contributed by atoms with E-state index in [-0.39, 0.29) is 11.8 Å².